The number of halogens is 2. The van der Waals surface area contributed by atoms with Crippen LogP contribution >= 0.6 is 30.5 Å². The van der Waals surface area contributed by atoms with Gasteiger partial charge >= 0.3 is 0 Å². The summed E-state index contributed by atoms with van der Waals surface area (Å²) in [5.41, 5.74) is 2.11. The Bertz CT molecular complexity index is 988. The van der Waals surface area contributed by atoms with Crippen molar-refractivity contribution in [2.24, 2.45) is 10.8 Å². The second-order valence-electron chi connectivity index (χ2n) is 10.2. The highest BCUT2D eigenvalue weighted by atomic mass is 35.5. The normalized spacial score (nSPS) is 28.4. The molecule has 0 radical (unpaired) electrons. The fraction of sp³-hybridized carbons (Fsp3) is 0.385. The summed E-state index contributed by atoms with van der Waals surface area (Å²) in [6.07, 6.45) is 3.23. The molecule has 0 spiro atoms. The molecule has 31 heavy (non-hydrogen) atoms. The first-order chi connectivity index (χ1) is 14.6. The van der Waals surface area contributed by atoms with E-state index >= 15 is 0 Å². The van der Waals surface area contributed by atoms with Crippen LogP contribution in [0.5, 0.6) is 0 Å². The second-order valence-corrected chi connectivity index (χ2v) is 13.4. The fourth-order valence-corrected chi connectivity index (χ4v) is 9.30. The molecule has 1 saturated carbocycles. The van der Waals surface area contributed by atoms with Crippen LogP contribution in [0.2, 0.25) is 0 Å². The molecular formula is C26H30Cl2NOP. The average Bonchev–Trinajstić information content (AvgIpc) is 2.98. The Labute approximate surface area is 196 Å². The molecule has 2 aromatic rings. The highest BCUT2D eigenvalue weighted by Gasteiger charge is 2.53. The molecular weight excluding hydrogens is 444 g/mol. The number of benzene rings is 2. The molecule has 1 aliphatic carbocycles. The van der Waals surface area contributed by atoms with Crippen molar-refractivity contribution >= 4 is 40.6 Å². The van der Waals surface area contributed by atoms with E-state index in [0.717, 1.165) is 36.9 Å². The average molecular weight is 474 g/mol. The second kappa shape index (κ2) is 8.56. The minimum Gasteiger partial charge on any atom is -0.297 e. The van der Waals surface area contributed by atoms with Gasteiger partial charge in [0.15, 0.2) is 7.29 Å². The van der Waals surface area contributed by atoms with Gasteiger partial charge in [0.05, 0.1) is 10.1 Å². The standard InChI is InChI=1S/C26H30Cl2NOP/c1-25(2)14-22-15-26(3,18-25)19-29(22)31(30,16-23(27)20-10-6-4-7-11-20)17-24(28)21-12-8-5-9-13-21/h4-13,16-17,22H,14-15,18-19H2,1-3H3/b23-16+,24-17?. The van der Waals surface area contributed by atoms with E-state index in [2.05, 4.69) is 25.4 Å². The fourth-order valence-electron chi connectivity index (χ4n) is 5.65. The van der Waals surface area contributed by atoms with Crippen molar-refractivity contribution in [2.75, 3.05) is 6.54 Å². The van der Waals surface area contributed by atoms with Gasteiger partial charge in [0.25, 0.3) is 0 Å². The first kappa shape index (κ1) is 22.9. The van der Waals surface area contributed by atoms with Crippen molar-refractivity contribution in [3.05, 3.63) is 83.4 Å². The van der Waals surface area contributed by atoms with Crippen molar-refractivity contribution < 1.29 is 4.57 Å². The molecule has 2 fully saturated rings. The highest BCUT2D eigenvalue weighted by molar-refractivity contribution is 7.68. The number of hydrogen-bond donors (Lipinski definition) is 0. The lowest BCUT2D eigenvalue weighted by atomic mass is 9.65. The molecule has 2 bridgehead atoms. The smallest absolute Gasteiger partial charge is 0.196 e. The van der Waals surface area contributed by atoms with Gasteiger partial charge in [-0.2, -0.15) is 0 Å². The van der Waals surface area contributed by atoms with Gasteiger partial charge in [-0.1, -0.05) is 105 Å². The van der Waals surface area contributed by atoms with Crippen LogP contribution in [-0.4, -0.2) is 17.3 Å². The van der Waals surface area contributed by atoms with Gasteiger partial charge in [-0.05, 0) is 41.2 Å². The maximum atomic E-state index is 14.7. The predicted octanol–water partition coefficient (Wildman–Crippen LogP) is 8.64. The molecule has 2 aliphatic rings. The minimum atomic E-state index is -3.13. The van der Waals surface area contributed by atoms with E-state index in [-0.39, 0.29) is 16.9 Å². The summed E-state index contributed by atoms with van der Waals surface area (Å²) in [6, 6.07) is 19.7. The summed E-state index contributed by atoms with van der Waals surface area (Å²) in [5, 5.41) is 1.01. The summed E-state index contributed by atoms with van der Waals surface area (Å²) in [4.78, 5) is 0. The summed E-state index contributed by atoms with van der Waals surface area (Å²) >= 11 is 13.4. The first-order valence-corrected chi connectivity index (χ1v) is 13.4. The van der Waals surface area contributed by atoms with Crippen LogP contribution in [0.15, 0.2) is 72.3 Å². The van der Waals surface area contributed by atoms with Gasteiger partial charge in [0, 0.05) is 24.2 Å². The van der Waals surface area contributed by atoms with E-state index < -0.39 is 7.29 Å². The topological polar surface area (TPSA) is 20.3 Å². The maximum Gasteiger partial charge on any atom is 0.196 e. The highest BCUT2D eigenvalue weighted by Crippen LogP contribution is 2.65. The number of fused-ring (bicyclic) bond motifs is 2. The van der Waals surface area contributed by atoms with E-state index in [0.29, 0.717) is 10.1 Å². The third-order valence-electron chi connectivity index (χ3n) is 6.48. The largest absolute Gasteiger partial charge is 0.297 e. The third kappa shape index (κ3) is 5.04. The van der Waals surface area contributed by atoms with E-state index in [9.17, 15) is 4.57 Å². The van der Waals surface area contributed by atoms with E-state index in [1.165, 1.54) is 0 Å². The SMILES string of the molecule is CC1(C)CC2CC(C)(CN2P(=O)(C=C(Cl)c2ccccc2)/C=C(/Cl)c2ccccc2)C1. The summed E-state index contributed by atoms with van der Waals surface area (Å²) in [6.45, 7) is 7.77. The molecule has 0 N–H and O–H groups in total. The molecule has 5 heteroatoms. The quantitative estimate of drug-likeness (QED) is 0.404. The van der Waals surface area contributed by atoms with Crippen LogP contribution in [0.4, 0.5) is 0 Å². The van der Waals surface area contributed by atoms with Crippen LogP contribution in [0.25, 0.3) is 10.1 Å². The van der Waals surface area contributed by atoms with Crippen molar-refractivity contribution in [1.29, 1.82) is 0 Å². The lowest BCUT2D eigenvalue weighted by Crippen LogP contribution is -2.33. The lowest BCUT2D eigenvalue weighted by molar-refractivity contribution is 0.133. The van der Waals surface area contributed by atoms with Gasteiger partial charge in [-0.15, -0.1) is 0 Å². The zero-order valence-corrected chi connectivity index (χ0v) is 20.8. The van der Waals surface area contributed by atoms with Crippen LogP contribution in [0.1, 0.15) is 51.2 Å². The van der Waals surface area contributed by atoms with Gasteiger partial charge < -0.3 is 0 Å². The number of hydrogen-bond acceptors (Lipinski definition) is 1. The van der Waals surface area contributed by atoms with Crippen LogP contribution in [0.3, 0.4) is 0 Å². The monoisotopic (exact) mass is 473 g/mol. The molecule has 0 aromatic heterocycles. The molecule has 3 unspecified atom stereocenters. The van der Waals surface area contributed by atoms with Gasteiger partial charge in [0.1, 0.15) is 0 Å². The molecule has 164 valence electrons. The molecule has 1 heterocycles. The summed E-state index contributed by atoms with van der Waals surface area (Å²) < 4.78 is 16.9. The van der Waals surface area contributed by atoms with Crippen molar-refractivity contribution in [3.8, 4) is 0 Å². The van der Waals surface area contributed by atoms with E-state index in [1.807, 2.05) is 60.7 Å². The Morgan fingerprint density at radius 1 is 0.903 bits per heavy atom. The maximum absolute atomic E-state index is 14.7. The lowest BCUT2D eigenvalue weighted by Gasteiger charge is -2.40. The molecule has 1 saturated heterocycles. The van der Waals surface area contributed by atoms with Crippen molar-refractivity contribution in [2.45, 2.75) is 46.1 Å². The number of nitrogens with zero attached hydrogens (tertiary/aromatic N) is 1. The first-order valence-electron chi connectivity index (χ1n) is 10.8. The van der Waals surface area contributed by atoms with E-state index in [1.54, 1.807) is 11.6 Å². The molecule has 1 aliphatic heterocycles. The number of rotatable bonds is 5. The Hall–Kier alpha value is -1.31. The zero-order valence-electron chi connectivity index (χ0n) is 18.4. The molecule has 2 aromatic carbocycles. The van der Waals surface area contributed by atoms with Gasteiger partial charge in [-0.3, -0.25) is 4.57 Å². The summed E-state index contributed by atoms with van der Waals surface area (Å²) in [5.74, 6) is 3.51. The Balaban J connectivity index is 1.79. The van der Waals surface area contributed by atoms with Gasteiger partial charge in [0.2, 0.25) is 0 Å². The molecule has 3 atom stereocenters. The zero-order chi connectivity index (χ0) is 22.3. The predicted molar refractivity (Wildman–Crippen MR) is 134 cm³/mol. The van der Waals surface area contributed by atoms with Crippen LogP contribution in [0, 0.1) is 10.8 Å². The molecule has 4 rings (SSSR count). The Kier molecular flexibility index (Phi) is 6.32. The van der Waals surface area contributed by atoms with Gasteiger partial charge in [-0.25, -0.2) is 4.67 Å². The van der Waals surface area contributed by atoms with E-state index in [4.69, 9.17) is 23.2 Å². The Morgan fingerprint density at radius 3 is 1.87 bits per heavy atom. The van der Waals surface area contributed by atoms with Crippen molar-refractivity contribution in [3.63, 3.8) is 0 Å². The van der Waals surface area contributed by atoms with Crippen LogP contribution < -0.4 is 0 Å². The Morgan fingerprint density at radius 2 is 1.39 bits per heavy atom. The summed E-state index contributed by atoms with van der Waals surface area (Å²) in [7, 11) is -3.13. The third-order valence-corrected chi connectivity index (χ3v) is 9.97. The molecule has 2 nitrogen and oxygen atoms in total. The van der Waals surface area contributed by atoms with Crippen molar-refractivity contribution in [1.82, 2.24) is 4.67 Å². The molecule has 0 amide bonds. The minimum absolute atomic E-state index is 0.155. The van der Waals surface area contributed by atoms with Crippen LogP contribution in [-0.2, 0) is 4.57 Å².